The minimum absolute atomic E-state index is 0.0188. The number of urea groups is 2. The minimum Gasteiger partial charge on any atom is -0.481 e. The van der Waals surface area contributed by atoms with Crippen molar-refractivity contribution in [3.05, 3.63) is 44.2 Å². The van der Waals surface area contributed by atoms with Crippen molar-refractivity contribution < 1.29 is 48.5 Å². The molecule has 50 heavy (non-hydrogen) atoms. The van der Waals surface area contributed by atoms with Crippen LogP contribution in [0.3, 0.4) is 0 Å². The van der Waals surface area contributed by atoms with Crippen LogP contribution < -0.4 is 32.4 Å². The lowest BCUT2D eigenvalue weighted by molar-refractivity contribution is -0.158. The van der Waals surface area contributed by atoms with E-state index in [1.807, 2.05) is 0 Å². The van der Waals surface area contributed by atoms with Crippen molar-refractivity contribution in [2.45, 2.75) is 104 Å². The molecule has 0 aliphatic rings. The summed E-state index contributed by atoms with van der Waals surface area (Å²) in [5, 5.41) is 26.4. The molecule has 8 N–H and O–H groups in total. The van der Waals surface area contributed by atoms with E-state index in [-0.39, 0.29) is 31.2 Å². The molecule has 4 amide bonds. The number of aromatic amines is 2. The average molecular weight is 709 g/mol. The number of hydrogen-bond donors (Lipinski definition) is 8. The number of carbonyl (C=O) groups is 6. The highest BCUT2D eigenvalue weighted by Crippen LogP contribution is 2.14. The maximum Gasteiger partial charge on any atom is 0.329 e. The number of carboxylic acids is 2. The maximum atomic E-state index is 12.5. The van der Waals surface area contributed by atoms with Crippen LogP contribution in [0, 0.1) is 13.8 Å². The summed E-state index contributed by atoms with van der Waals surface area (Å²) in [4.78, 5) is 105. The molecular weight excluding hydrogens is 664 g/mol. The highest BCUT2D eigenvalue weighted by atomic mass is 16.6. The number of anilines is 2. The van der Waals surface area contributed by atoms with Gasteiger partial charge < -0.3 is 30.3 Å². The van der Waals surface area contributed by atoms with Crippen molar-refractivity contribution in [1.29, 1.82) is 0 Å². The van der Waals surface area contributed by atoms with Gasteiger partial charge in [0.2, 0.25) is 11.9 Å². The molecule has 0 aliphatic carbocycles. The lowest BCUT2D eigenvalue weighted by atomic mass is 10.1. The van der Waals surface area contributed by atoms with Gasteiger partial charge in [-0.05, 0) is 68.2 Å². The first kappa shape index (κ1) is 42.2. The van der Waals surface area contributed by atoms with Crippen molar-refractivity contribution in [1.82, 2.24) is 30.6 Å². The second-order valence-corrected chi connectivity index (χ2v) is 12.7. The van der Waals surface area contributed by atoms with E-state index in [0.717, 1.165) is 0 Å². The van der Waals surface area contributed by atoms with Gasteiger partial charge in [0.15, 0.2) is 0 Å². The molecule has 0 bridgehead atoms. The Hall–Kier alpha value is -5.82. The normalized spacial score (nSPS) is 12.2. The molecular formula is C30H44N8O12. The fraction of sp³-hybridized carbons (Fsp3) is 0.533. The largest absolute Gasteiger partial charge is 0.481 e. The summed E-state index contributed by atoms with van der Waals surface area (Å²) >= 11 is 0. The molecule has 2 rings (SSSR count). The molecule has 0 aliphatic heterocycles. The summed E-state index contributed by atoms with van der Waals surface area (Å²) in [5.74, 6) is -3.94. The van der Waals surface area contributed by atoms with E-state index in [1.54, 1.807) is 55.4 Å². The predicted octanol–water partition coefficient (Wildman–Crippen LogP) is 1.55. The number of aryl methyl sites for hydroxylation is 2. The molecule has 2 aromatic heterocycles. The number of amides is 4. The number of nitrogens with one attached hydrogen (secondary N) is 6. The van der Waals surface area contributed by atoms with Crippen LogP contribution in [0.4, 0.5) is 21.5 Å². The first-order chi connectivity index (χ1) is 22.9. The zero-order valence-electron chi connectivity index (χ0n) is 29.0. The number of aliphatic carboxylic acids is 2. The molecule has 276 valence electrons. The Kier molecular flexibility index (Phi) is 15.7. The number of rotatable bonds is 12. The monoisotopic (exact) mass is 708 g/mol. The van der Waals surface area contributed by atoms with Crippen LogP contribution in [0.5, 0.6) is 0 Å². The molecule has 0 aromatic carbocycles. The standard InChI is InChI=1S/C19H30N4O6.C11H14N4O6/c1-11-10-13(24)22-16(20-11)23-17(27)21-12(15(26)29-19(5,6)7)8-9-14(25)28-18(2,3)4;1-5-4-7(16)14-10(12-5)15-11(21)13-6(9(19)20)2-3-8(17)18/h10,12H,8-9H2,1-7H3,(H3,20,21,22,23,24,27);4,6H,2-3H2,1H3,(H,17,18)(H,19,20)(H3,12,13,14,15,16,21)/t12-;6-/m00/s1. The van der Waals surface area contributed by atoms with Crippen LogP contribution in [-0.2, 0) is 28.7 Å². The van der Waals surface area contributed by atoms with E-state index in [1.165, 1.54) is 12.1 Å². The number of ether oxygens (including phenoxy) is 2. The number of hydrogen-bond acceptors (Lipinski definition) is 12. The predicted molar refractivity (Wildman–Crippen MR) is 177 cm³/mol. The zero-order chi connectivity index (χ0) is 38.4. The molecule has 0 fully saturated rings. The SMILES string of the molecule is Cc1cc(=O)[nH]c(NC(=O)N[C@@H](CCC(=O)O)C(=O)O)n1.Cc1cc(=O)[nH]c(NC(=O)N[C@@H](CCC(=O)OC(C)(C)C)C(=O)OC(C)(C)C)n1. The van der Waals surface area contributed by atoms with E-state index in [2.05, 4.69) is 41.2 Å². The Labute approximate surface area is 286 Å². The highest BCUT2D eigenvalue weighted by Gasteiger charge is 2.28. The Balaban J connectivity index is 0.000000526. The third kappa shape index (κ3) is 18.5. The van der Waals surface area contributed by atoms with Crippen molar-refractivity contribution in [2.24, 2.45) is 0 Å². The van der Waals surface area contributed by atoms with Crippen molar-refractivity contribution in [3.8, 4) is 0 Å². The molecule has 20 heteroatoms. The highest BCUT2D eigenvalue weighted by molar-refractivity contribution is 5.92. The van der Waals surface area contributed by atoms with Gasteiger partial charge in [-0.25, -0.2) is 29.1 Å². The van der Waals surface area contributed by atoms with Crippen molar-refractivity contribution in [2.75, 3.05) is 10.6 Å². The van der Waals surface area contributed by atoms with Crippen LogP contribution in [-0.4, -0.2) is 89.4 Å². The first-order valence-electron chi connectivity index (χ1n) is 15.1. The van der Waals surface area contributed by atoms with Crippen molar-refractivity contribution in [3.63, 3.8) is 0 Å². The van der Waals surface area contributed by atoms with Crippen LogP contribution in [0.15, 0.2) is 21.7 Å². The summed E-state index contributed by atoms with van der Waals surface area (Å²) in [7, 11) is 0. The van der Waals surface area contributed by atoms with Crippen LogP contribution in [0.1, 0.15) is 78.6 Å². The molecule has 2 atom stereocenters. The van der Waals surface area contributed by atoms with Crippen LogP contribution in [0.25, 0.3) is 0 Å². The van der Waals surface area contributed by atoms with E-state index >= 15 is 0 Å². The molecule has 0 saturated carbocycles. The Morgan fingerprint density at radius 2 is 1.14 bits per heavy atom. The lowest BCUT2D eigenvalue weighted by Crippen LogP contribution is -2.46. The van der Waals surface area contributed by atoms with Gasteiger partial charge in [-0.1, -0.05) is 0 Å². The smallest absolute Gasteiger partial charge is 0.329 e. The fourth-order valence-electron chi connectivity index (χ4n) is 3.68. The molecule has 0 radical (unpaired) electrons. The second-order valence-electron chi connectivity index (χ2n) is 12.7. The molecule has 0 saturated heterocycles. The molecule has 20 nitrogen and oxygen atoms in total. The lowest BCUT2D eigenvalue weighted by Gasteiger charge is -2.25. The molecule has 2 aromatic rings. The van der Waals surface area contributed by atoms with Gasteiger partial charge in [0.25, 0.3) is 11.1 Å². The van der Waals surface area contributed by atoms with Crippen LogP contribution >= 0.6 is 0 Å². The second kappa shape index (κ2) is 18.7. The van der Waals surface area contributed by atoms with E-state index < -0.39 is 76.8 Å². The summed E-state index contributed by atoms with van der Waals surface area (Å²) in [6.07, 6.45) is -0.789. The maximum absolute atomic E-state index is 12.5. The van der Waals surface area contributed by atoms with Gasteiger partial charge in [0.1, 0.15) is 23.3 Å². The Morgan fingerprint density at radius 3 is 1.52 bits per heavy atom. The number of H-pyrrole nitrogens is 2. The third-order valence-electron chi connectivity index (χ3n) is 5.51. The number of nitrogens with zero attached hydrogens (tertiary/aromatic N) is 2. The quantitative estimate of drug-likeness (QED) is 0.145. The zero-order valence-corrected chi connectivity index (χ0v) is 29.0. The minimum atomic E-state index is -1.36. The van der Waals surface area contributed by atoms with Gasteiger partial charge in [0.05, 0.1) is 0 Å². The summed E-state index contributed by atoms with van der Waals surface area (Å²) in [6, 6.07) is -1.67. The number of carboxylic acid groups (broad SMARTS) is 2. The van der Waals surface area contributed by atoms with Gasteiger partial charge in [-0.3, -0.25) is 39.8 Å². The van der Waals surface area contributed by atoms with Gasteiger partial charge in [-0.15, -0.1) is 0 Å². The molecule has 2 heterocycles. The number of carbonyl (C=O) groups excluding carboxylic acids is 4. The Morgan fingerprint density at radius 1 is 0.720 bits per heavy atom. The van der Waals surface area contributed by atoms with Crippen LogP contribution in [0.2, 0.25) is 0 Å². The summed E-state index contributed by atoms with van der Waals surface area (Å²) < 4.78 is 10.5. The van der Waals surface area contributed by atoms with E-state index in [9.17, 15) is 38.4 Å². The molecule has 0 spiro atoms. The molecule has 0 unspecified atom stereocenters. The average Bonchev–Trinajstić information content (AvgIpc) is 2.90. The third-order valence-corrected chi connectivity index (χ3v) is 5.51. The van der Waals surface area contributed by atoms with Gasteiger partial charge >= 0.3 is 35.9 Å². The first-order valence-corrected chi connectivity index (χ1v) is 15.1. The number of esters is 2. The van der Waals surface area contributed by atoms with Crippen molar-refractivity contribution >= 4 is 47.8 Å². The fourth-order valence-corrected chi connectivity index (χ4v) is 3.68. The van der Waals surface area contributed by atoms with Gasteiger partial charge in [0, 0.05) is 36.4 Å². The van der Waals surface area contributed by atoms with Gasteiger partial charge in [-0.2, -0.15) is 0 Å². The number of aromatic nitrogens is 4. The Bertz CT molecular complexity index is 1660. The van der Waals surface area contributed by atoms with E-state index in [0.29, 0.717) is 11.4 Å². The topological polar surface area (TPSA) is 301 Å². The summed E-state index contributed by atoms with van der Waals surface area (Å²) in [6.45, 7) is 13.4. The summed E-state index contributed by atoms with van der Waals surface area (Å²) in [5.41, 5.74) is -1.55. The van der Waals surface area contributed by atoms with E-state index in [4.69, 9.17) is 19.7 Å².